The van der Waals surface area contributed by atoms with E-state index in [1.165, 1.54) is 0 Å². The normalized spacial score (nSPS) is 22.2. The summed E-state index contributed by atoms with van der Waals surface area (Å²) in [4.78, 5) is 6.72. The highest BCUT2D eigenvalue weighted by Gasteiger charge is 2.28. The fourth-order valence-electron chi connectivity index (χ4n) is 2.37. The summed E-state index contributed by atoms with van der Waals surface area (Å²) in [5, 5.41) is 3.34. The molecule has 2 heterocycles. The average molecular weight is 297 g/mol. The van der Waals surface area contributed by atoms with Gasteiger partial charge in [-0.15, -0.1) is 0 Å². The predicted molar refractivity (Wildman–Crippen MR) is 81.7 cm³/mol. The molecular weight excluding hydrogens is 274 g/mol. The number of nitrogens with zero attached hydrogens (tertiary/aromatic N) is 2. The van der Waals surface area contributed by atoms with Crippen LogP contribution in [0.3, 0.4) is 0 Å². The molecule has 1 fully saturated rings. The highest BCUT2D eigenvalue weighted by atomic mass is 32.2. The number of anilines is 1. The van der Waals surface area contributed by atoms with Gasteiger partial charge in [-0.05, 0) is 19.1 Å². The third kappa shape index (κ3) is 3.93. The quantitative estimate of drug-likeness (QED) is 0.905. The van der Waals surface area contributed by atoms with Gasteiger partial charge in [0.25, 0.3) is 0 Å². The molecule has 0 amide bonds. The zero-order chi connectivity index (χ0) is 14.8. The summed E-state index contributed by atoms with van der Waals surface area (Å²) >= 11 is 0. The largest absolute Gasteiger partial charge is 0.352 e. The van der Waals surface area contributed by atoms with Gasteiger partial charge in [0.15, 0.2) is 9.84 Å². The van der Waals surface area contributed by atoms with Gasteiger partial charge in [0, 0.05) is 25.2 Å². The van der Waals surface area contributed by atoms with Gasteiger partial charge in [-0.1, -0.05) is 19.9 Å². The van der Waals surface area contributed by atoms with Gasteiger partial charge in [0.1, 0.15) is 5.82 Å². The van der Waals surface area contributed by atoms with E-state index in [9.17, 15) is 8.42 Å². The molecular formula is C14H23N3O2S. The maximum atomic E-state index is 11.6. The first-order chi connectivity index (χ1) is 9.37. The van der Waals surface area contributed by atoms with Gasteiger partial charge in [-0.2, -0.15) is 0 Å². The second kappa shape index (κ2) is 6.10. The predicted octanol–water partition coefficient (Wildman–Crippen LogP) is 1.20. The van der Waals surface area contributed by atoms with E-state index < -0.39 is 9.84 Å². The minimum Gasteiger partial charge on any atom is -0.352 e. The minimum atomic E-state index is -2.89. The smallest absolute Gasteiger partial charge is 0.154 e. The van der Waals surface area contributed by atoms with Crippen LogP contribution < -0.4 is 10.2 Å². The molecule has 1 aliphatic rings. The summed E-state index contributed by atoms with van der Waals surface area (Å²) in [5.74, 6) is 1.30. The van der Waals surface area contributed by atoms with Crippen molar-refractivity contribution in [2.24, 2.45) is 0 Å². The monoisotopic (exact) mass is 297 g/mol. The van der Waals surface area contributed by atoms with Crippen LogP contribution in [0.25, 0.3) is 0 Å². The topological polar surface area (TPSA) is 62.3 Å². The maximum absolute atomic E-state index is 11.6. The molecule has 1 aliphatic heterocycles. The van der Waals surface area contributed by atoms with E-state index in [4.69, 9.17) is 0 Å². The molecule has 2 rings (SSSR count). The van der Waals surface area contributed by atoms with Crippen molar-refractivity contribution in [1.82, 2.24) is 10.3 Å². The molecule has 0 saturated carbocycles. The summed E-state index contributed by atoms with van der Waals surface area (Å²) in [6.07, 6.45) is 0. The number of aromatic nitrogens is 1. The van der Waals surface area contributed by atoms with Crippen molar-refractivity contribution in [2.75, 3.05) is 23.0 Å². The third-order valence-corrected chi connectivity index (χ3v) is 5.24. The lowest BCUT2D eigenvalue weighted by Crippen LogP contribution is -2.47. The lowest BCUT2D eigenvalue weighted by molar-refractivity contribution is 0.564. The maximum Gasteiger partial charge on any atom is 0.154 e. The van der Waals surface area contributed by atoms with Crippen molar-refractivity contribution in [3.63, 3.8) is 0 Å². The fourth-order valence-corrected chi connectivity index (χ4v) is 3.93. The number of sulfone groups is 1. The van der Waals surface area contributed by atoms with Crippen LogP contribution in [0.2, 0.25) is 0 Å². The zero-order valence-electron chi connectivity index (χ0n) is 12.3. The average Bonchev–Trinajstić information content (AvgIpc) is 2.35. The molecule has 5 nitrogen and oxygen atoms in total. The Kier molecular flexibility index (Phi) is 4.65. The molecule has 0 spiro atoms. The molecule has 0 bridgehead atoms. The Morgan fingerprint density at radius 3 is 2.85 bits per heavy atom. The molecule has 1 saturated heterocycles. The standard InChI is InChI=1S/C14H23N3O2S/c1-11(2)15-9-13-5-4-6-14(16-13)17-7-8-20(18,19)10-12(17)3/h4-6,11-12,15H,7-10H2,1-3H3. The van der Waals surface area contributed by atoms with Gasteiger partial charge in [0.05, 0.1) is 17.2 Å². The number of rotatable bonds is 4. The van der Waals surface area contributed by atoms with Crippen LogP contribution >= 0.6 is 0 Å². The van der Waals surface area contributed by atoms with Gasteiger partial charge >= 0.3 is 0 Å². The summed E-state index contributed by atoms with van der Waals surface area (Å²) in [6.45, 7) is 7.39. The van der Waals surface area contributed by atoms with E-state index in [0.717, 1.165) is 18.1 Å². The number of pyridine rings is 1. The Labute approximate surface area is 121 Å². The van der Waals surface area contributed by atoms with E-state index in [0.29, 0.717) is 12.6 Å². The highest BCUT2D eigenvalue weighted by molar-refractivity contribution is 7.91. The van der Waals surface area contributed by atoms with Crippen molar-refractivity contribution in [3.8, 4) is 0 Å². The molecule has 0 aliphatic carbocycles. The Morgan fingerprint density at radius 2 is 2.20 bits per heavy atom. The third-order valence-electron chi connectivity index (χ3n) is 3.45. The van der Waals surface area contributed by atoms with Gasteiger partial charge in [-0.3, -0.25) is 0 Å². The van der Waals surface area contributed by atoms with Crippen molar-refractivity contribution in [1.29, 1.82) is 0 Å². The summed E-state index contributed by atoms with van der Waals surface area (Å²) in [5.41, 5.74) is 0.983. The van der Waals surface area contributed by atoms with E-state index in [-0.39, 0.29) is 17.5 Å². The van der Waals surface area contributed by atoms with Crippen molar-refractivity contribution in [3.05, 3.63) is 23.9 Å². The highest BCUT2D eigenvalue weighted by Crippen LogP contribution is 2.19. The Balaban J connectivity index is 2.11. The molecule has 0 aromatic carbocycles. The van der Waals surface area contributed by atoms with Crippen LogP contribution in [0, 0.1) is 0 Å². The van der Waals surface area contributed by atoms with Gasteiger partial charge < -0.3 is 10.2 Å². The van der Waals surface area contributed by atoms with E-state index in [1.807, 2.05) is 25.1 Å². The summed E-state index contributed by atoms with van der Waals surface area (Å²) < 4.78 is 23.3. The van der Waals surface area contributed by atoms with E-state index in [1.54, 1.807) is 0 Å². The summed E-state index contributed by atoms with van der Waals surface area (Å²) in [6, 6.07) is 6.32. The van der Waals surface area contributed by atoms with Crippen LogP contribution in [0.5, 0.6) is 0 Å². The molecule has 6 heteroatoms. The van der Waals surface area contributed by atoms with E-state index in [2.05, 4.69) is 29.0 Å². The fraction of sp³-hybridized carbons (Fsp3) is 0.643. The number of hydrogen-bond acceptors (Lipinski definition) is 5. The van der Waals surface area contributed by atoms with Crippen LogP contribution in [0.4, 0.5) is 5.82 Å². The van der Waals surface area contributed by atoms with E-state index >= 15 is 0 Å². The molecule has 20 heavy (non-hydrogen) atoms. The summed E-state index contributed by atoms with van der Waals surface area (Å²) in [7, 11) is -2.89. The minimum absolute atomic E-state index is 0.0189. The van der Waals surface area contributed by atoms with Crippen molar-refractivity contribution >= 4 is 15.7 Å². The molecule has 1 atom stereocenters. The van der Waals surface area contributed by atoms with Crippen LogP contribution in [-0.2, 0) is 16.4 Å². The zero-order valence-corrected chi connectivity index (χ0v) is 13.2. The van der Waals surface area contributed by atoms with Crippen molar-refractivity contribution in [2.45, 2.75) is 39.4 Å². The Morgan fingerprint density at radius 1 is 1.45 bits per heavy atom. The SMILES string of the molecule is CC(C)NCc1cccc(N2CCS(=O)(=O)CC2C)n1. The molecule has 1 aromatic heterocycles. The van der Waals surface area contributed by atoms with Crippen LogP contribution in [0.15, 0.2) is 18.2 Å². The second-order valence-electron chi connectivity index (χ2n) is 5.68. The van der Waals surface area contributed by atoms with Crippen molar-refractivity contribution < 1.29 is 8.42 Å². The van der Waals surface area contributed by atoms with Gasteiger partial charge in [0.2, 0.25) is 0 Å². The first kappa shape index (κ1) is 15.3. The van der Waals surface area contributed by atoms with Crippen LogP contribution in [0.1, 0.15) is 26.5 Å². The number of nitrogens with one attached hydrogen (secondary N) is 1. The Bertz CT molecular complexity index is 557. The van der Waals surface area contributed by atoms with Gasteiger partial charge in [-0.25, -0.2) is 13.4 Å². The second-order valence-corrected chi connectivity index (χ2v) is 7.91. The van der Waals surface area contributed by atoms with Crippen LogP contribution in [-0.4, -0.2) is 43.5 Å². The lowest BCUT2D eigenvalue weighted by Gasteiger charge is -2.34. The Hall–Kier alpha value is -1.14. The number of hydrogen-bond donors (Lipinski definition) is 1. The molecule has 1 aromatic rings. The first-order valence-corrected chi connectivity index (χ1v) is 8.86. The first-order valence-electron chi connectivity index (χ1n) is 7.04. The molecule has 1 N–H and O–H groups in total. The molecule has 112 valence electrons. The molecule has 0 radical (unpaired) electrons. The molecule has 1 unspecified atom stereocenters. The lowest BCUT2D eigenvalue weighted by atomic mass is 10.2.